The molecular formula is C23H29FN2OS. The molecule has 1 aliphatic heterocycles. The Bertz CT molecular complexity index is 763. The van der Waals surface area contributed by atoms with Crippen LogP contribution in [-0.4, -0.2) is 24.7 Å². The molecular weight excluding hydrogens is 371 g/mol. The van der Waals surface area contributed by atoms with E-state index in [0.717, 1.165) is 30.1 Å². The van der Waals surface area contributed by atoms with Gasteiger partial charge in [-0.1, -0.05) is 31.2 Å². The lowest BCUT2D eigenvalue weighted by molar-refractivity contribution is -0.119. The summed E-state index contributed by atoms with van der Waals surface area (Å²) in [6.45, 7) is 6.57. The molecule has 28 heavy (non-hydrogen) atoms. The molecule has 0 spiro atoms. The molecule has 2 aromatic carbocycles. The van der Waals surface area contributed by atoms with Crippen molar-refractivity contribution in [2.75, 3.05) is 23.7 Å². The van der Waals surface area contributed by atoms with Crippen LogP contribution in [0.5, 0.6) is 0 Å². The fourth-order valence-corrected chi connectivity index (χ4v) is 4.41. The molecule has 0 unspecified atom stereocenters. The van der Waals surface area contributed by atoms with Crippen LogP contribution in [0.3, 0.4) is 0 Å². The maximum Gasteiger partial charge on any atom is 0.230 e. The number of nitrogens with one attached hydrogen (secondary N) is 1. The van der Waals surface area contributed by atoms with E-state index in [1.165, 1.54) is 42.4 Å². The van der Waals surface area contributed by atoms with Crippen LogP contribution in [-0.2, 0) is 10.5 Å². The van der Waals surface area contributed by atoms with Crippen LogP contribution in [0.1, 0.15) is 43.9 Å². The largest absolute Gasteiger partial charge is 0.371 e. The highest BCUT2D eigenvalue weighted by Gasteiger charge is 2.17. The predicted molar refractivity (Wildman–Crippen MR) is 116 cm³/mol. The van der Waals surface area contributed by atoms with Crippen LogP contribution in [0.25, 0.3) is 0 Å². The van der Waals surface area contributed by atoms with Crippen molar-refractivity contribution in [1.82, 2.24) is 5.32 Å². The SMILES string of the molecule is C[C@@H]1CCCN(c2ccc([C@@H](C)NC(=O)CSCc3ccc(F)cc3)cc2)C1. The van der Waals surface area contributed by atoms with E-state index in [2.05, 4.69) is 41.4 Å². The molecule has 2 atom stereocenters. The van der Waals surface area contributed by atoms with Gasteiger partial charge >= 0.3 is 0 Å². The Kier molecular flexibility index (Phi) is 7.37. The van der Waals surface area contributed by atoms with Gasteiger partial charge in [0.2, 0.25) is 5.91 Å². The van der Waals surface area contributed by atoms with Crippen LogP contribution in [0.4, 0.5) is 10.1 Å². The lowest BCUT2D eigenvalue weighted by atomic mass is 9.99. The van der Waals surface area contributed by atoms with Crippen molar-refractivity contribution in [2.45, 2.75) is 38.5 Å². The Hall–Kier alpha value is -2.01. The third-order valence-electron chi connectivity index (χ3n) is 5.21. The highest BCUT2D eigenvalue weighted by Crippen LogP contribution is 2.24. The molecule has 5 heteroatoms. The number of hydrogen-bond acceptors (Lipinski definition) is 3. The maximum absolute atomic E-state index is 12.9. The first-order valence-electron chi connectivity index (χ1n) is 9.97. The van der Waals surface area contributed by atoms with Gasteiger partial charge < -0.3 is 10.2 Å². The molecule has 1 N–H and O–H groups in total. The minimum absolute atomic E-state index is 0.0201. The summed E-state index contributed by atoms with van der Waals surface area (Å²) in [5.41, 5.74) is 3.41. The first-order chi connectivity index (χ1) is 13.5. The number of hydrogen-bond donors (Lipinski definition) is 1. The molecule has 0 saturated carbocycles. The van der Waals surface area contributed by atoms with Crippen LogP contribution in [0.2, 0.25) is 0 Å². The second kappa shape index (κ2) is 9.97. The van der Waals surface area contributed by atoms with Crippen molar-refractivity contribution in [3.63, 3.8) is 0 Å². The second-order valence-electron chi connectivity index (χ2n) is 7.69. The minimum Gasteiger partial charge on any atom is -0.371 e. The number of amides is 1. The van der Waals surface area contributed by atoms with Gasteiger partial charge in [-0.05, 0) is 61.1 Å². The molecule has 1 saturated heterocycles. The van der Waals surface area contributed by atoms with E-state index in [1.54, 1.807) is 12.1 Å². The van der Waals surface area contributed by atoms with Crippen LogP contribution in [0, 0.1) is 11.7 Å². The fraction of sp³-hybridized carbons (Fsp3) is 0.435. The van der Waals surface area contributed by atoms with E-state index in [4.69, 9.17) is 0 Å². The van der Waals surface area contributed by atoms with E-state index in [-0.39, 0.29) is 17.8 Å². The Balaban J connectivity index is 1.45. The number of halogens is 1. The summed E-state index contributed by atoms with van der Waals surface area (Å²) >= 11 is 1.54. The Morgan fingerprint density at radius 2 is 1.93 bits per heavy atom. The number of rotatable bonds is 7. The highest BCUT2D eigenvalue weighted by molar-refractivity contribution is 7.99. The average Bonchev–Trinajstić information content (AvgIpc) is 2.69. The van der Waals surface area contributed by atoms with Gasteiger partial charge in [0.25, 0.3) is 0 Å². The van der Waals surface area contributed by atoms with Gasteiger partial charge in [-0.25, -0.2) is 4.39 Å². The molecule has 0 aliphatic carbocycles. The summed E-state index contributed by atoms with van der Waals surface area (Å²) in [5, 5.41) is 3.06. The van der Waals surface area contributed by atoms with E-state index in [0.29, 0.717) is 11.5 Å². The quantitative estimate of drug-likeness (QED) is 0.696. The summed E-state index contributed by atoms with van der Waals surface area (Å²) in [4.78, 5) is 14.7. The van der Waals surface area contributed by atoms with Gasteiger partial charge in [-0.2, -0.15) is 0 Å². The molecule has 0 aromatic heterocycles. The number of anilines is 1. The van der Waals surface area contributed by atoms with Crippen LogP contribution in [0.15, 0.2) is 48.5 Å². The molecule has 0 radical (unpaired) electrons. The maximum atomic E-state index is 12.9. The number of benzene rings is 2. The summed E-state index contributed by atoms with van der Waals surface area (Å²) in [7, 11) is 0. The zero-order chi connectivity index (χ0) is 19.9. The Morgan fingerprint density at radius 1 is 1.21 bits per heavy atom. The zero-order valence-electron chi connectivity index (χ0n) is 16.7. The van der Waals surface area contributed by atoms with E-state index in [1.807, 2.05) is 6.92 Å². The van der Waals surface area contributed by atoms with E-state index >= 15 is 0 Å². The van der Waals surface area contributed by atoms with E-state index < -0.39 is 0 Å². The molecule has 0 bridgehead atoms. The van der Waals surface area contributed by atoms with Gasteiger partial charge in [0.1, 0.15) is 5.82 Å². The number of carbonyl (C=O) groups excluding carboxylic acids is 1. The number of carbonyl (C=O) groups is 1. The third kappa shape index (κ3) is 5.99. The van der Waals surface area contributed by atoms with Gasteiger partial charge in [-0.15, -0.1) is 11.8 Å². The molecule has 3 nitrogen and oxygen atoms in total. The average molecular weight is 401 g/mol. The summed E-state index contributed by atoms with van der Waals surface area (Å²) in [6, 6.07) is 15.0. The van der Waals surface area contributed by atoms with Crippen molar-refractivity contribution in [1.29, 1.82) is 0 Å². The Morgan fingerprint density at radius 3 is 2.61 bits per heavy atom. The van der Waals surface area contributed by atoms with Gasteiger partial charge in [-0.3, -0.25) is 4.79 Å². The molecule has 1 fully saturated rings. The number of thioether (sulfide) groups is 1. The molecule has 1 heterocycles. The van der Waals surface area contributed by atoms with Gasteiger partial charge in [0.05, 0.1) is 11.8 Å². The van der Waals surface area contributed by atoms with Gasteiger partial charge in [0, 0.05) is 24.5 Å². The zero-order valence-corrected chi connectivity index (χ0v) is 17.5. The monoisotopic (exact) mass is 400 g/mol. The molecule has 150 valence electrons. The van der Waals surface area contributed by atoms with Crippen LogP contribution >= 0.6 is 11.8 Å². The van der Waals surface area contributed by atoms with Gasteiger partial charge in [0.15, 0.2) is 0 Å². The Labute approximate surface area is 171 Å². The van der Waals surface area contributed by atoms with E-state index in [9.17, 15) is 9.18 Å². The van der Waals surface area contributed by atoms with Crippen molar-refractivity contribution in [3.8, 4) is 0 Å². The number of piperidine rings is 1. The fourth-order valence-electron chi connectivity index (χ4n) is 3.61. The normalized spacial score (nSPS) is 18.0. The minimum atomic E-state index is -0.235. The summed E-state index contributed by atoms with van der Waals surface area (Å²) < 4.78 is 12.9. The van der Waals surface area contributed by atoms with Crippen molar-refractivity contribution >= 4 is 23.4 Å². The number of nitrogens with zero attached hydrogens (tertiary/aromatic N) is 1. The van der Waals surface area contributed by atoms with Crippen molar-refractivity contribution in [3.05, 3.63) is 65.5 Å². The summed E-state index contributed by atoms with van der Waals surface area (Å²) in [6.07, 6.45) is 2.57. The molecule has 1 aliphatic rings. The first kappa shape index (κ1) is 20.7. The lowest BCUT2D eigenvalue weighted by Crippen LogP contribution is -2.34. The second-order valence-corrected chi connectivity index (χ2v) is 8.68. The summed E-state index contributed by atoms with van der Waals surface area (Å²) in [5.74, 6) is 1.63. The highest BCUT2D eigenvalue weighted by atomic mass is 32.2. The molecule has 3 rings (SSSR count). The predicted octanol–water partition coefficient (Wildman–Crippen LogP) is 5.17. The lowest BCUT2D eigenvalue weighted by Gasteiger charge is -2.33. The van der Waals surface area contributed by atoms with Crippen molar-refractivity contribution in [2.24, 2.45) is 5.92 Å². The molecule has 2 aromatic rings. The van der Waals surface area contributed by atoms with Crippen molar-refractivity contribution < 1.29 is 9.18 Å². The first-order valence-corrected chi connectivity index (χ1v) is 11.1. The van der Waals surface area contributed by atoms with Crippen LogP contribution < -0.4 is 10.2 Å². The topological polar surface area (TPSA) is 32.3 Å². The smallest absolute Gasteiger partial charge is 0.230 e. The third-order valence-corrected chi connectivity index (χ3v) is 6.21. The standard InChI is InChI=1S/C23H29FN2OS/c1-17-4-3-13-26(14-17)22-11-7-20(8-12-22)18(2)25-23(27)16-28-15-19-5-9-21(24)10-6-19/h5-12,17-18H,3-4,13-16H2,1-2H3,(H,25,27)/t17-,18-/m1/s1. The molecule has 1 amide bonds.